The highest BCUT2D eigenvalue weighted by molar-refractivity contribution is 6.05. The van der Waals surface area contributed by atoms with Crippen molar-refractivity contribution in [2.24, 2.45) is 5.11 Å². The Kier molecular flexibility index (Phi) is 35.0. The minimum atomic E-state index is -0.659. The van der Waals surface area contributed by atoms with Crippen LogP contribution in [0.4, 0.5) is 22.0 Å². The second-order valence-corrected chi connectivity index (χ2v) is 8.30. The van der Waals surface area contributed by atoms with Crippen molar-refractivity contribution in [2.75, 3.05) is 16.4 Å². The van der Waals surface area contributed by atoms with E-state index in [2.05, 4.69) is 40.6 Å². The van der Waals surface area contributed by atoms with Crippen LogP contribution >= 0.6 is 0 Å². The number of hydrogen-bond donors (Lipinski definition) is 3. The number of azide groups is 1. The molecule has 0 aliphatic heterocycles. The summed E-state index contributed by atoms with van der Waals surface area (Å²) in [6.45, 7) is 24.0. The lowest BCUT2D eigenvalue weighted by Gasteiger charge is -2.09. The van der Waals surface area contributed by atoms with Gasteiger partial charge in [-0.05, 0) is 59.2 Å². The van der Waals surface area contributed by atoms with E-state index in [1.165, 1.54) is 12.3 Å². The van der Waals surface area contributed by atoms with E-state index in [0.717, 1.165) is 27.5 Å². The first-order valence-electron chi connectivity index (χ1n) is 18.5. The largest absolute Gasteiger partial charge is 0.398 e. The van der Waals surface area contributed by atoms with Crippen molar-refractivity contribution in [2.45, 2.75) is 83.1 Å². The summed E-state index contributed by atoms with van der Waals surface area (Å²) in [5.41, 5.74) is 17.1. The molecule has 0 aliphatic rings. The zero-order valence-electron chi connectivity index (χ0n) is 34.1. The number of carbonyl (C=O) groups is 2. The smallest absolute Gasteiger partial charge is 0.324 e. The molecule has 4 aromatic heterocycles. The second-order valence-electron chi connectivity index (χ2n) is 8.30. The Morgan fingerprint density at radius 3 is 1.54 bits per heavy atom. The molecule has 3 amide bonds. The van der Waals surface area contributed by atoms with E-state index in [4.69, 9.17) is 11.3 Å². The van der Waals surface area contributed by atoms with Crippen molar-refractivity contribution in [3.63, 3.8) is 0 Å². The van der Waals surface area contributed by atoms with Crippen LogP contribution in [0.1, 0.15) is 93.6 Å². The maximum Gasteiger partial charge on any atom is 0.324 e. The number of aromatic nitrogens is 4. The molecule has 0 radical (unpaired) electrons. The molecule has 0 saturated heterocycles. The van der Waals surface area contributed by atoms with Gasteiger partial charge in [-0.3, -0.25) is 25.1 Å². The molecule has 290 valence electrons. The fraction of sp³-hybridized carbons (Fsp3) is 0.286. The highest BCUT2D eigenvalue weighted by Crippen LogP contribution is 2.21. The van der Waals surface area contributed by atoms with E-state index in [0.29, 0.717) is 11.5 Å². The van der Waals surface area contributed by atoms with Gasteiger partial charge in [0.05, 0.1) is 16.7 Å². The summed E-state index contributed by atoms with van der Waals surface area (Å²) < 4.78 is 0. The summed E-state index contributed by atoms with van der Waals surface area (Å²) in [7, 11) is 0. The minimum Gasteiger partial charge on any atom is -0.398 e. The van der Waals surface area contributed by atoms with Crippen LogP contribution in [0, 0.1) is 0 Å². The van der Waals surface area contributed by atoms with Crippen molar-refractivity contribution in [3.05, 3.63) is 138 Å². The van der Waals surface area contributed by atoms with Crippen LogP contribution in [0.2, 0.25) is 0 Å². The number of nitrogens with zero attached hydrogens (tertiary/aromatic N) is 7. The van der Waals surface area contributed by atoms with Crippen LogP contribution in [0.15, 0.2) is 127 Å². The van der Waals surface area contributed by atoms with Gasteiger partial charge in [-0.1, -0.05) is 132 Å². The van der Waals surface area contributed by atoms with Gasteiger partial charge in [0.1, 0.15) is 11.5 Å². The topological polar surface area (TPSA) is 185 Å². The molecule has 0 unspecified atom stereocenters. The van der Waals surface area contributed by atoms with Gasteiger partial charge in [-0.15, -0.1) is 0 Å². The van der Waals surface area contributed by atoms with Crippen molar-refractivity contribution in [1.29, 1.82) is 0 Å². The summed E-state index contributed by atoms with van der Waals surface area (Å²) in [4.78, 5) is 41.2. The quantitative estimate of drug-likeness (QED) is 0.0916. The standard InChI is InChI=1S/C15H12N4O.C9H8N2.C6H4N4O.6C2H6/c20-15(19-14-7-3-4-9-17-14)18-13-8-10-16-12-6-2-1-5-11(12)13;10-8-5-6-11-9-4-2-1-3-7(8)9;7-10-9-6(11)5-3-1-2-4-8-5;6*1-2/h1-10H,(H2,16,17,18,19,20);1-6H,(H2,10,11);1-4H;6*1-2H3. The van der Waals surface area contributed by atoms with Crippen LogP contribution in [-0.2, 0) is 0 Å². The normalized spacial score (nSPS) is 8.22. The molecule has 0 aliphatic carbocycles. The zero-order chi connectivity index (χ0) is 41.6. The Bertz CT molecular complexity index is 1840. The maximum atomic E-state index is 11.9. The third-order valence-electron chi connectivity index (χ3n) is 5.51. The summed E-state index contributed by atoms with van der Waals surface area (Å²) in [5.74, 6) is -0.156. The number of nitrogen functional groups attached to an aromatic ring is 1. The van der Waals surface area contributed by atoms with Crippen LogP contribution in [0.3, 0.4) is 0 Å². The summed E-state index contributed by atoms with van der Waals surface area (Å²) in [6.07, 6.45) is 6.47. The number of anilines is 3. The number of rotatable bonds is 3. The molecule has 0 spiro atoms. The van der Waals surface area contributed by atoms with Gasteiger partial charge >= 0.3 is 6.03 Å². The fourth-order valence-electron chi connectivity index (χ4n) is 3.61. The molecule has 6 rings (SSSR count). The lowest BCUT2D eigenvalue weighted by atomic mass is 10.2. The molecule has 0 atom stereocenters. The molecule has 4 heterocycles. The predicted octanol–water partition coefficient (Wildman–Crippen LogP) is 12.8. The number of amides is 3. The number of carbonyl (C=O) groups excluding carboxylic acids is 2. The number of para-hydroxylation sites is 2. The summed E-state index contributed by atoms with van der Waals surface area (Å²) in [5, 5.41) is 10.3. The summed E-state index contributed by atoms with van der Waals surface area (Å²) >= 11 is 0. The molecule has 12 nitrogen and oxygen atoms in total. The summed E-state index contributed by atoms with van der Waals surface area (Å²) in [6, 6.07) is 28.8. The number of pyridine rings is 4. The number of benzene rings is 2. The Morgan fingerprint density at radius 2 is 1.04 bits per heavy atom. The van der Waals surface area contributed by atoms with Gasteiger partial charge in [0.25, 0.3) is 5.91 Å². The second kappa shape index (κ2) is 36.4. The van der Waals surface area contributed by atoms with E-state index in [9.17, 15) is 9.59 Å². The Balaban J connectivity index is -0.000000662. The lowest BCUT2D eigenvalue weighted by molar-refractivity contribution is 0.0995. The molecule has 12 heteroatoms. The first kappa shape index (κ1) is 52.0. The SMILES string of the molecule is CC.CC.CC.CC.CC.CC.Nc1ccnc2ccccc12.O=C(Nc1ccccn1)Nc1ccnc2ccccc12.[N-]=[N+]=NC(=O)c1ccccn1. The monoisotopic (exact) mass is 736 g/mol. The van der Waals surface area contributed by atoms with Gasteiger partial charge in [0, 0.05) is 46.2 Å². The molecule has 0 saturated carbocycles. The average molecular weight is 737 g/mol. The molecule has 4 N–H and O–H groups in total. The molecule has 2 aromatic carbocycles. The van der Waals surface area contributed by atoms with E-state index < -0.39 is 5.91 Å². The third kappa shape index (κ3) is 20.5. The van der Waals surface area contributed by atoms with E-state index in [1.807, 2.05) is 144 Å². The third-order valence-corrected chi connectivity index (χ3v) is 5.51. The number of fused-ring (bicyclic) bond motifs is 2. The van der Waals surface area contributed by atoms with Gasteiger partial charge in [-0.2, -0.15) is 0 Å². The van der Waals surface area contributed by atoms with Gasteiger partial charge < -0.3 is 11.1 Å². The van der Waals surface area contributed by atoms with Crippen molar-refractivity contribution in [3.8, 4) is 0 Å². The number of hydrogen-bond acceptors (Lipinski definition) is 7. The van der Waals surface area contributed by atoms with Gasteiger partial charge in [0.15, 0.2) is 0 Å². The minimum absolute atomic E-state index is 0.158. The van der Waals surface area contributed by atoms with Crippen LogP contribution < -0.4 is 16.4 Å². The zero-order valence-corrected chi connectivity index (χ0v) is 34.1. The van der Waals surface area contributed by atoms with Crippen molar-refractivity contribution < 1.29 is 9.59 Å². The maximum absolute atomic E-state index is 11.9. The fourth-order valence-corrected chi connectivity index (χ4v) is 3.61. The first-order chi connectivity index (χ1) is 26.5. The Hall–Kier alpha value is -6.39. The average Bonchev–Trinajstić information content (AvgIpc) is 3.27. The highest BCUT2D eigenvalue weighted by atomic mass is 16.2. The molecule has 6 aromatic rings. The van der Waals surface area contributed by atoms with Crippen LogP contribution in [0.25, 0.3) is 32.2 Å². The van der Waals surface area contributed by atoms with E-state index in [1.54, 1.807) is 48.9 Å². The number of nitrogens with two attached hydrogens (primary N) is 1. The highest BCUT2D eigenvalue weighted by Gasteiger charge is 2.06. The van der Waals surface area contributed by atoms with Crippen molar-refractivity contribution in [1.82, 2.24) is 19.9 Å². The first-order valence-corrected chi connectivity index (χ1v) is 18.5. The molecule has 0 bridgehead atoms. The lowest BCUT2D eigenvalue weighted by Crippen LogP contribution is -2.20. The Morgan fingerprint density at radius 1 is 0.556 bits per heavy atom. The van der Waals surface area contributed by atoms with E-state index >= 15 is 0 Å². The van der Waals surface area contributed by atoms with Gasteiger partial charge in [-0.25, -0.2) is 9.78 Å². The molecular weight excluding hydrogens is 677 g/mol. The predicted molar refractivity (Wildman–Crippen MR) is 231 cm³/mol. The van der Waals surface area contributed by atoms with Crippen LogP contribution in [0.5, 0.6) is 0 Å². The van der Waals surface area contributed by atoms with Crippen LogP contribution in [-0.4, -0.2) is 31.9 Å². The van der Waals surface area contributed by atoms with Gasteiger partial charge in [0.2, 0.25) is 0 Å². The Labute approximate surface area is 322 Å². The number of urea groups is 1. The molecular formula is C42H60N10O2. The molecule has 0 fully saturated rings. The number of nitrogens with one attached hydrogen (secondary N) is 2. The van der Waals surface area contributed by atoms with Crippen molar-refractivity contribution >= 4 is 50.9 Å². The molecule has 54 heavy (non-hydrogen) atoms. The van der Waals surface area contributed by atoms with E-state index in [-0.39, 0.29) is 11.7 Å².